The predicted octanol–water partition coefficient (Wildman–Crippen LogP) is 2.72. The fraction of sp³-hybridized carbons (Fsp3) is 0.400. The first-order valence-corrected chi connectivity index (χ1v) is 5.37. The molecule has 0 spiro atoms. The fourth-order valence-electron chi connectivity index (χ4n) is 1.11. The van der Waals surface area contributed by atoms with Gasteiger partial charge in [-0.2, -0.15) is 13.2 Å². The van der Waals surface area contributed by atoms with Crippen molar-refractivity contribution in [3.63, 3.8) is 0 Å². The molecule has 1 heterocycles. The Morgan fingerprint density at radius 2 is 2.22 bits per heavy atom. The topological polar surface area (TPSA) is 51.2 Å². The van der Waals surface area contributed by atoms with E-state index in [9.17, 15) is 18.0 Å². The van der Waals surface area contributed by atoms with Crippen molar-refractivity contribution in [1.29, 1.82) is 0 Å². The Bertz CT molecular complexity index is 438. The zero-order valence-corrected chi connectivity index (χ0v) is 10.1. The van der Waals surface area contributed by atoms with Gasteiger partial charge in [-0.25, -0.2) is 4.98 Å². The van der Waals surface area contributed by atoms with E-state index in [1.807, 2.05) is 0 Å². The molecule has 0 fully saturated rings. The molecule has 0 aliphatic heterocycles. The first-order valence-electron chi connectivity index (χ1n) is 4.84. The summed E-state index contributed by atoms with van der Waals surface area (Å²) in [5, 5.41) is 2.33. The third-order valence-corrected chi connectivity index (χ3v) is 2.05. The number of anilines is 1. The molecule has 1 rings (SSSR count). The molecule has 4 nitrogen and oxygen atoms in total. The maximum absolute atomic E-state index is 12.0. The van der Waals surface area contributed by atoms with Crippen LogP contribution >= 0.6 is 11.6 Å². The molecule has 1 N–H and O–H groups in total. The van der Waals surface area contributed by atoms with Crippen LogP contribution in [0.4, 0.5) is 18.9 Å². The molecule has 18 heavy (non-hydrogen) atoms. The van der Waals surface area contributed by atoms with Crippen LogP contribution in [0.15, 0.2) is 12.3 Å². The summed E-state index contributed by atoms with van der Waals surface area (Å²) in [6, 6.07) is 1.41. The summed E-state index contributed by atoms with van der Waals surface area (Å²) in [5.41, 5.74) is 0.615. The van der Waals surface area contributed by atoms with Crippen LogP contribution in [-0.4, -0.2) is 23.7 Å². The van der Waals surface area contributed by atoms with Gasteiger partial charge in [-0.15, -0.1) is 11.6 Å². The Kier molecular flexibility index (Phi) is 4.77. The third-order valence-electron chi connectivity index (χ3n) is 1.75. The second-order valence-corrected chi connectivity index (χ2v) is 3.68. The Balaban J connectivity index is 2.91. The highest BCUT2D eigenvalue weighted by molar-refractivity contribution is 6.17. The summed E-state index contributed by atoms with van der Waals surface area (Å²) >= 11 is 5.56. The first-order chi connectivity index (χ1) is 8.31. The van der Waals surface area contributed by atoms with Gasteiger partial charge in [0.2, 0.25) is 11.8 Å². The van der Waals surface area contributed by atoms with Gasteiger partial charge in [0.25, 0.3) is 0 Å². The molecule has 0 atom stereocenters. The van der Waals surface area contributed by atoms with E-state index in [1.54, 1.807) is 0 Å². The van der Waals surface area contributed by atoms with Crippen molar-refractivity contribution >= 4 is 23.2 Å². The second kappa shape index (κ2) is 5.90. The Labute approximate surface area is 106 Å². The van der Waals surface area contributed by atoms with Crippen molar-refractivity contribution in [2.24, 2.45) is 0 Å². The molecule has 0 aliphatic carbocycles. The minimum atomic E-state index is -4.47. The molecule has 1 aromatic heterocycles. The van der Waals surface area contributed by atoms with Gasteiger partial charge in [-0.1, -0.05) is 0 Å². The standard InChI is InChI=1S/C10H10ClF3N2O2/c1-6(17)16-8-2-7(3-11)4-15-9(8)18-5-10(12,13)14/h2,4H,3,5H2,1H3,(H,16,17). The van der Waals surface area contributed by atoms with Crippen LogP contribution in [0.25, 0.3) is 0 Å². The maximum Gasteiger partial charge on any atom is 0.422 e. The van der Waals surface area contributed by atoms with Crippen molar-refractivity contribution < 1.29 is 22.7 Å². The summed E-state index contributed by atoms with van der Waals surface area (Å²) in [7, 11) is 0. The van der Waals surface area contributed by atoms with Crippen molar-refractivity contribution in [2.75, 3.05) is 11.9 Å². The van der Waals surface area contributed by atoms with Crippen LogP contribution < -0.4 is 10.1 Å². The summed E-state index contributed by atoms with van der Waals surface area (Å²) in [5.74, 6) is -0.615. The summed E-state index contributed by atoms with van der Waals surface area (Å²) < 4.78 is 40.6. The third kappa shape index (κ3) is 4.79. The van der Waals surface area contributed by atoms with Gasteiger partial charge in [0.15, 0.2) is 6.61 Å². The highest BCUT2D eigenvalue weighted by atomic mass is 35.5. The van der Waals surface area contributed by atoms with Crippen molar-refractivity contribution in [3.8, 4) is 5.88 Å². The molecule has 0 aliphatic rings. The van der Waals surface area contributed by atoms with Gasteiger partial charge in [0.05, 0.1) is 0 Å². The van der Waals surface area contributed by atoms with E-state index in [-0.39, 0.29) is 17.4 Å². The van der Waals surface area contributed by atoms with E-state index in [0.717, 1.165) is 0 Å². The van der Waals surface area contributed by atoms with E-state index in [1.165, 1.54) is 19.2 Å². The SMILES string of the molecule is CC(=O)Nc1cc(CCl)cnc1OCC(F)(F)F. The Morgan fingerprint density at radius 3 is 2.72 bits per heavy atom. The first kappa shape index (κ1) is 14.6. The second-order valence-electron chi connectivity index (χ2n) is 3.41. The number of pyridine rings is 1. The number of hydrogen-bond donors (Lipinski definition) is 1. The normalized spacial score (nSPS) is 11.2. The predicted molar refractivity (Wildman–Crippen MR) is 59.6 cm³/mol. The minimum absolute atomic E-state index is 0.0601. The van der Waals surface area contributed by atoms with Gasteiger partial charge in [0, 0.05) is 19.0 Å². The van der Waals surface area contributed by atoms with Crippen LogP contribution in [0, 0.1) is 0 Å². The largest absolute Gasteiger partial charge is 0.467 e. The monoisotopic (exact) mass is 282 g/mol. The lowest BCUT2D eigenvalue weighted by molar-refractivity contribution is -0.153. The number of carbonyl (C=O) groups excluding carboxylic acids is 1. The van der Waals surface area contributed by atoms with Gasteiger partial charge in [-0.3, -0.25) is 4.79 Å². The smallest absolute Gasteiger partial charge is 0.422 e. The van der Waals surface area contributed by atoms with Crippen molar-refractivity contribution in [1.82, 2.24) is 4.98 Å². The zero-order valence-electron chi connectivity index (χ0n) is 9.34. The number of carbonyl (C=O) groups is 1. The highest BCUT2D eigenvalue weighted by Crippen LogP contribution is 2.25. The summed E-state index contributed by atoms with van der Waals surface area (Å²) in [4.78, 5) is 14.6. The number of halogens is 4. The molecule has 0 radical (unpaired) electrons. The van der Waals surface area contributed by atoms with E-state index in [4.69, 9.17) is 11.6 Å². The maximum atomic E-state index is 12.0. The Morgan fingerprint density at radius 1 is 1.56 bits per heavy atom. The summed E-state index contributed by atoms with van der Waals surface area (Å²) in [6.07, 6.45) is -3.19. The van der Waals surface area contributed by atoms with E-state index in [2.05, 4.69) is 15.0 Å². The number of nitrogens with zero attached hydrogens (tertiary/aromatic N) is 1. The zero-order chi connectivity index (χ0) is 13.8. The van der Waals surface area contributed by atoms with E-state index in [0.29, 0.717) is 5.56 Å². The number of nitrogens with one attached hydrogen (secondary N) is 1. The quantitative estimate of drug-likeness (QED) is 0.864. The average molecular weight is 283 g/mol. The number of aromatic nitrogens is 1. The van der Waals surface area contributed by atoms with Crippen LogP contribution in [0.1, 0.15) is 12.5 Å². The van der Waals surface area contributed by atoms with Crippen LogP contribution in [0.5, 0.6) is 5.88 Å². The lowest BCUT2D eigenvalue weighted by Gasteiger charge is -2.12. The minimum Gasteiger partial charge on any atom is -0.467 e. The lowest BCUT2D eigenvalue weighted by atomic mass is 10.3. The van der Waals surface area contributed by atoms with E-state index >= 15 is 0 Å². The fourth-order valence-corrected chi connectivity index (χ4v) is 1.26. The molecular formula is C10H10ClF3N2O2. The van der Waals surface area contributed by atoms with Crippen LogP contribution in [0.2, 0.25) is 0 Å². The number of hydrogen-bond acceptors (Lipinski definition) is 3. The van der Waals surface area contributed by atoms with Gasteiger partial charge < -0.3 is 10.1 Å². The number of alkyl halides is 4. The average Bonchev–Trinajstić information content (AvgIpc) is 2.25. The molecule has 8 heteroatoms. The molecule has 1 aromatic rings. The highest BCUT2D eigenvalue weighted by Gasteiger charge is 2.29. The Hall–Kier alpha value is -1.50. The molecule has 0 aromatic carbocycles. The lowest BCUT2D eigenvalue weighted by Crippen LogP contribution is -2.20. The summed E-state index contributed by atoms with van der Waals surface area (Å²) in [6.45, 7) is -0.256. The molecule has 0 saturated carbocycles. The van der Waals surface area contributed by atoms with Gasteiger partial charge in [0.1, 0.15) is 5.69 Å². The van der Waals surface area contributed by atoms with E-state index < -0.39 is 18.7 Å². The molecule has 100 valence electrons. The molecule has 0 saturated heterocycles. The molecule has 0 bridgehead atoms. The van der Waals surface area contributed by atoms with Crippen molar-refractivity contribution in [2.45, 2.75) is 19.0 Å². The molecule has 0 unspecified atom stereocenters. The number of ether oxygens (including phenoxy) is 1. The van der Waals surface area contributed by atoms with Crippen LogP contribution in [0.3, 0.4) is 0 Å². The van der Waals surface area contributed by atoms with Gasteiger partial charge >= 0.3 is 6.18 Å². The molecule has 1 amide bonds. The number of rotatable bonds is 4. The molecular weight excluding hydrogens is 273 g/mol. The number of amides is 1. The van der Waals surface area contributed by atoms with Crippen LogP contribution in [-0.2, 0) is 10.7 Å². The van der Waals surface area contributed by atoms with Crippen molar-refractivity contribution in [3.05, 3.63) is 17.8 Å². The van der Waals surface area contributed by atoms with Gasteiger partial charge in [-0.05, 0) is 11.6 Å².